The maximum absolute atomic E-state index is 8.81. The fourth-order valence-electron chi connectivity index (χ4n) is 1.84. The standard InChI is InChI=1S/C15H15I2N3/c1-12-8-15(20(6-4-16)7-5-17)3-2-14(12)9-13(10-18)11-19/h2-3,8-9H,4-7H2,1H3. The highest BCUT2D eigenvalue weighted by molar-refractivity contribution is 14.1. The molecular weight excluding hydrogens is 476 g/mol. The van der Waals surface area contributed by atoms with Crippen LogP contribution < -0.4 is 4.90 Å². The molecule has 0 N–H and O–H groups in total. The molecule has 0 spiro atoms. The van der Waals surface area contributed by atoms with E-state index in [-0.39, 0.29) is 5.57 Å². The number of nitriles is 2. The van der Waals surface area contributed by atoms with Crippen LogP contribution in [0.1, 0.15) is 11.1 Å². The highest BCUT2D eigenvalue weighted by Crippen LogP contribution is 2.21. The molecule has 0 aliphatic heterocycles. The van der Waals surface area contributed by atoms with Crippen molar-refractivity contribution in [2.45, 2.75) is 6.92 Å². The van der Waals surface area contributed by atoms with Crippen LogP contribution in [0.5, 0.6) is 0 Å². The van der Waals surface area contributed by atoms with Crippen molar-refractivity contribution >= 4 is 56.9 Å². The predicted molar refractivity (Wildman–Crippen MR) is 100 cm³/mol. The van der Waals surface area contributed by atoms with Crippen molar-refractivity contribution in [3.05, 3.63) is 34.9 Å². The van der Waals surface area contributed by atoms with Gasteiger partial charge in [0.15, 0.2) is 0 Å². The number of halogens is 2. The normalized spacial score (nSPS) is 9.45. The van der Waals surface area contributed by atoms with Gasteiger partial charge in [-0.2, -0.15) is 10.5 Å². The third-order valence-electron chi connectivity index (χ3n) is 2.87. The number of anilines is 1. The van der Waals surface area contributed by atoms with Crippen LogP contribution in [0.4, 0.5) is 5.69 Å². The fourth-order valence-corrected chi connectivity index (χ4v) is 3.00. The molecule has 0 saturated carbocycles. The minimum atomic E-state index is 0.136. The fraction of sp³-hybridized carbons (Fsp3) is 0.333. The van der Waals surface area contributed by atoms with Gasteiger partial charge in [0.1, 0.15) is 17.7 Å². The predicted octanol–water partition coefficient (Wildman–Crippen LogP) is 4.10. The van der Waals surface area contributed by atoms with Gasteiger partial charge in [-0.25, -0.2) is 0 Å². The van der Waals surface area contributed by atoms with E-state index in [9.17, 15) is 0 Å². The molecule has 3 nitrogen and oxygen atoms in total. The molecule has 0 aliphatic carbocycles. The quantitative estimate of drug-likeness (QED) is 0.342. The van der Waals surface area contributed by atoms with Gasteiger partial charge in [-0.1, -0.05) is 51.2 Å². The van der Waals surface area contributed by atoms with E-state index in [1.54, 1.807) is 6.08 Å². The molecule has 0 bridgehead atoms. The Labute approximate surface area is 147 Å². The van der Waals surface area contributed by atoms with Crippen LogP contribution in [0.2, 0.25) is 0 Å². The molecule has 104 valence electrons. The van der Waals surface area contributed by atoms with Crippen molar-refractivity contribution in [3.8, 4) is 12.1 Å². The molecule has 1 rings (SSSR count). The van der Waals surface area contributed by atoms with E-state index >= 15 is 0 Å². The maximum atomic E-state index is 8.81. The van der Waals surface area contributed by atoms with Crippen LogP contribution in [0.3, 0.4) is 0 Å². The smallest absolute Gasteiger partial charge is 0.130 e. The van der Waals surface area contributed by atoms with Gasteiger partial charge in [0.2, 0.25) is 0 Å². The van der Waals surface area contributed by atoms with Crippen LogP contribution in [0, 0.1) is 29.6 Å². The summed E-state index contributed by atoms with van der Waals surface area (Å²) >= 11 is 4.77. The number of rotatable bonds is 6. The molecule has 5 heteroatoms. The van der Waals surface area contributed by atoms with Crippen LogP contribution in [-0.2, 0) is 0 Å². The molecule has 0 aromatic heterocycles. The number of alkyl halides is 2. The lowest BCUT2D eigenvalue weighted by molar-refractivity contribution is 0.890. The van der Waals surface area contributed by atoms with Gasteiger partial charge >= 0.3 is 0 Å². The van der Waals surface area contributed by atoms with Crippen LogP contribution in [-0.4, -0.2) is 21.9 Å². The van der Waals surface area contributed by atoms with Crippen molar-refractivity contribution in [2.75, 3.05) is 26.8 Å². The monoisotopic (exact) mass is 491 g/mol. The Kier molecular flexibility index (Phi) is 7.93. The first-order valence-corrected chi connectivity index (χ1v) is 9.20. The first-order chi connectivity index (χ1) is 9.65. The molecule has 0 atom stereocenters. The molecule has 0 saturated heterocycles. The van der Waals surface area contributed by atoms with Crippen molar-refractivity contribution in [3.63, 3.8) is 0 Å². The number of hydrogen-bond acceptors (Lipinski definition) is 3. The average Bonchev–Trinajstić information content (AvgIpc) is 2.46. The Morgan fingerprint density at radius 3 is 2.25 bits per heavy atom. The second-order valence-electron chi connectivity index (χ2n) is 4.19. The summed E-state index contributed by atoms with van der Waals surface area (Å²) in [5, 5.41) is 17.6. The number of benzene rings is 1. The highest BCUT2D eigenvalue weighted by atomic mass is 127. The topological polar surface area (TPSA) is 50.8 Å². The number of aryl methyl sites for hydroxylation is 1. The summed E-state index contributed by atoms with van der Waals surface area (Å²) in [5.41, 5.74) is 3.34. The summed E-state index contributed by atoms with van der Waals surface area (Å²) in [6, 6.07) is 9.95. The number of hydrogen-bond donors (Lipinski definition) is 0. The van der Waals surface area contributed by atoms with E-state index in [0.717, 1.165) is 33.1 Å². The van der Waals surface area contributed by atoms with Gasteiger partial charge in [0.05, 0.1) is 0 Å². The summed E-state index contributed by atoms with van der Waals surface area (Å²) < 4.78 is 2.17. The van der Waals surface area contributed by atoms with Gasteiger partial charge in [0.25, 0.3) is 0 Å². The Morgan fingerprint density at radius 1 is 1.20 bits per heavy atom. The largest absolute Gasteiger partial charge is 0.370 e. The van der Waals surface area contributed by atoms with Gasteiger partial charge < -0.3 is 4.90 Å². The number of nitrogens with zero attached hydrogens (tertiary/aromatic N) is 3. The van der Waals surface area contributed by atoms with Crippen molar-refractivity contribution < 1.29 is 0 Å². The van der Waals surface area contributed by atoms with Crippen molar-refractivity contribution in [1.29, 1.82) is 10.5 Å². The lowest BCUT2D eigenvalue weighted by Crippen LogP contribution is -2.27. The molecule has 0 heterocycles. The minimum absolute atomic E-state index is 0.136. The summed E-state index contributed by atoms with van der Waals surface area (Å²) in [6.45, 7) is 4.06. The zero-order valence-electron chi connectivity index (χ0n) is 11.2. The van der Waals surface area contributed by atoms with Gasteiger partial charge in [0, 0.05) is 27.6 Å². The first-order valence-electron chi connectivity index (χ1n) is 6.15. The third-order valence-corrected chi connectivity index (χ3v) is 3.83. The summed E-state index contributed by atoms with van der Waals surface area (Å²) in [6.07, 6.45) is 1.64. The summed E-state index contributed by atoms with van der Waals surface area (Å²) in [7, 11) is 0. The second-order valence-corrected chi connectivity index (χ2v) is 6.35. The minimum Gasteiger partial charge on any atom is -0.370 e. The molecule has 1 aromatic rings. The van der Waals surface area contributed by atoms with Crippen LogP contribution >= 0.6 is 45.2 Å². The van der Waals surface area contributed by atoms with Gasteiger partial charge in [-0.3, -0.25) is 0 Å². The zero-order valence-corrected chi connectivity index (χ0v) is 15.6. The highest BCUT2D eigenvalue weighted by Gasteiger charge is 2.07. The maximum Gasteiger partial charge on any atom is 0.130 e. The van der Waals surface area contributed by atoms with Crippen molar-refractivity contribution in [1.82, 2.24) is 0 Å². The third kappa shape index (κ3) is 4.95. The Balaban J connectivity index is 3.07. The van der Waals surface area contributed by atoms with E-state index in [0.29, 0.717) is 0 Å². The van der Waals surface area contributed by atoms with E-state index in [2.05, 4.69) is 62.2 Å². The van der Waals surface area contributed by atoms with Gasteiger partial charge in [-0.15, -0.1) is 0 Å². The summed E-state index contributed by atoms with van der Waals surface area (Å²) in [4.78, 5) is 2.36. The Bertz CT molecular complexity index is 545. The van der Waals surface area contributed by atoms with E-state index < -0.39 is 0 Å². The Hall–Kier alpha value is -0.800. The first kappa shape index (κ1) is 17.3. The molecule has 0 aliphatic rings. The molecule has 0 fully saturated rings. The number of allylic oxidation sites excluding steroid dienone is 1. The molecule has 1 aromatic carbocycles. The van der Waals surface area contributed by atoms with Crippen molar-refractivity contribution in [2.24, 2.45) is 0 Å². The average molecular weight is 491 g/mol. The molecular formula is C15H15I2N3. The molecule has 0 radical (unpaired) electrons. The summed E-state index contributed by atoms with van der Waals surface area (Å²) in [5.74, 6) is 0. The van der Waals surface area contributed by atoms with E-state index in [1.807, 2.05) is 25.1 Å². The van der Waals surface area contributed by atoms with E-state index in [4.69, 9.17) is 10.5 Å². The molecule has 20 heavy (non-hydrogen) atoms. The van der Waals surface area contributed by atoms with Crippen LogP contribution in [0.15, 0.2) is 23.8 Å². The van der Waals surface area contributed by atoms with Gasteiger partial charge in [-0.05, 0) is 36.3 Å². The SMILES string of the molecule is Cc1cc(N(CCI)CCI)ccc1C=C(C#N)C#N. The molecule has 0 unspecified atom stereocenters. The lowest BCUT2D eigenvalue weighted by Gasteiger charge is -2.23. The Morgan fingerprint density at radius 2 is 1.80 bits per heavy atom. The van der Waals surface area contributed by atoms with Crippen LogP contribution in [0.25, 0.3) is 6.08 Å². The lowest BCUT2D eigenvalue weighted by atomic mass is 10.0. The van der Waals surface area contributed by atoms with E-state index in [1.165, 1.54) is 5.69 Å². The second kappa shape index (κ2) is 9.19. The molecule has 0 amide bonds. The zero-order chi connectivity index (χ0) is 15.0.